The van der Waals surface area contributed by atoms with Crippen molar-refractivity contribution in [2.75, 3.05) is 0 Å². The number of nitrogens with zero attached hydrogens (tertiary/aromatic N) is 1. The van der Waals surface area contributed by atoms with Crippen molar-refractivity contribution in [2.45, 2.75) is 33.2 Å². The fourth-order valence-corrected chi connectivity index (χ4v) is 1.98. The van der Waals surface area contributed by atoms with E-state index >= 15 is 0 Å². The summed E-state index contributed by atoms with van der Waals surface area (Å²) in [6, 6.07) is 8.05. The van der Waals surface area contributed by atoms with E-state index in [-0.39, 0.29) is 11.8 Å². The lowest BCUT2D eigenvalue weighted by molar-refractivity contribution is -0.137. The van der Waals surface area contributed by atoms with E-state index in [0.717, 1.165) is 5.56 Å². The van der Waals surface area contributed by atoms with Crippen molar-refractivity contribution >= 4 is 11.8 Å². The van der Waals surface area contributed by atoms with Crippen LogP contribution in [0.3, 0.4) is 0 Å². The van der Waals surface area contributed by atoms with Crippen LogP contribution in [0.15, 0.2) is 35.9 Å². The Hall–Kier alpha value is -1.90. The van der Waals surface area contributed by atoms with E-state index in [9.17, 15) is 9.59 Å². The molecule has 3 nitrogen and oxygen atoms in total. The first-order valence-corrected chi connectivity index (χ1v) is 6.12. The standard InChI is InChI=1S/C15H17NO2/c1-10(2)13-6-4-12(5-7-13)9-16-14(17)8-11(3)15(16)18/h4-8,10H,9H2,1-3H3. The summed E-state index contributed by atoms with van der Waals surface area (Å²) >= 11 is 0. The van der Waals surface area contributed by atoms with Gasteiger partial charge in [0.2, 0.25) is 0 Å². The van der Waals surface area contributed by atoms with Gasteiger partial charge in [0, 0.05) is 11.6 Å². The summed E-state index contributed by atoms with van der Waals surface area (Å²) in [6.45, 7) is 6.29. The molecule has 1 aromatic carbocycles. The number of amides is 2. The number of carbonyl (C=O) groups excluding carboxylic acids is 2. The minimum Gasteiger partial charge on any atom is -0.271 e. The zero-order chi connectivity index (χ0) is 13.3. The highest BCUT2D eigenvalue weighted by Crippen LogP contribution is 2.18. The molecule has 0 spiro atoms. The molecule has 1 aromatic rings. The number of benzene rings is 1. The van der Waals surface area contributed by atoms with Gasteiger partial charge in [-0.15, -0.1) is 0 Å². The Morgan fingerprint density at radius 2 is 1.72 bits per heavy atom. The van der Waals surface area contributed by atoms with Crippen molar-refractivity contribution in [3.05, 3.63) is 47.0 Å². The first kappa shape index (κ1) is 12.6. The van der Waals surface area contributed by atoms with Crippen LogP contribution in [-0.4, -0.2) is 16.7 Å². The number of imide groups is 1. The zero-order valence-electron chi connectivity index (χ0n) is 10.9. The van der Waals surface area contributed by atoms with E-state index in [0.29, 0.717) is 18.0 Å². The topological polar surface area (TPSA) is 37.4 Å². The summed E-state index contributed by atoms with van der Waals surface area (Å²) in [7, 11) is 0. The second-order valence-electron chi connectivity index (χ2n) is 4.95. The summed E-state index contributed by atoms with van der Waals surface area (Å²) in [5, 5.41) is 0. The van der Waals surface area contributed by atoms with Crippen molar-refractivity contribution in [3.63, 3.8) is 0 Å². The Bertz CT molecular complexity index is 512. The smallest absolute Gasteiger partial charge is 0.256 e. The maximum absolute atomic E-state index is 11.7. The number of carbonyl (C=O) groups is 2. The van der Waals surface area contributed by atoms with Gasteiger partial charge >= 0.3 is 0 Å². The van der Waals surface area contributed by atoms with Crippen LogP contribution >= 0.6 is 0 Å². The molecule has 18 heavy (non-hydrogen) atoms. The summed E-state index contributed by atoms with van der Waals surface area (Å²) in [4.78, 5) is 24.6. The normalized spacial score (nSPS) is 15.6. The molecule has 0 bridgehead atoms. The van der Waals surface area contributed by atoms with Gasteiger partial charge in [-0.3, -0.25) is 14.5 Å². The molecule has 0 aromatic heterocycles. The molecule has 0 saturated heterocycles. The lowest BCUT2D eigenvalue weighted by Crippen LogP contribution is -2.30. The molecule has 94 valence electrons. The minimum atomic E-state index is -0.217. The Kier molecular flexibility index (Phi) is 3.32. The van der Waals surface area contributed by atoms with Crippen LogP contribution in [0.25, 0.3) is 0 Å². The molecular weight excluding hydrogens is 226 g/mol. The molecule has 1 aliphatic heterocycles. The third-order valence-corrected chi connectivity index (χ3v) is 3.18. The Morgan fingerprint density at radius 3 is 2.17 bits per heavy atom. The minimum absolute atomic E-state index is 0.187. The highest BCUT2D eigenvalue weighted by molar-refractivity contribution is 6.15. The molecule has 1 heterocycles. The van der Waals surface area contributed by atoms with E-state index in [1.54, 1.807) is 6.92 Å². The Morgan fingerprint density at radius 1 is 1.11 bits per heavy atom. The quantitative estimate of drug-likeness (QED) is 0.765. The van der Waals surface area contributed by atoms with Gasteiger partial charge in [-0.25, -0.2) is 0 Å². The molecule has 3 heteroatoms. The van der Waals surface area contributed by atoms with Crippen molar-refractivity contribution in [1.29, 1.82) is 0 Å². The van der Waals surface area contributed by atoms with Crippen LogP contribution in [-0.2, 0) is 16.1 Å². The number of hydrogen-bond donors (Lipinski definition) is 0. The van der Waals surface area contributed by atoms with Crippen LogP contribution in [0, 0.1) is 0 Å². The molecular formula is C15H17NO2. The predicted octanol–water partition coefficient (Wildman–Crippen LogP) is 2.63. The van der Waals surface area contributed by atoms with Crippen LogP contribution < -0.4 is 0 Å². The fraction of sp³-hybridized carbons (Fsp3) is 0.333. The fourth-order valence-electron chi connectivity index (χ4n) is 1.98. The molecule has 0 unspecified atom stereocenters. The molecule has 0 radical (unpaired) electrons. The SMILES string of the molecule is CC1=CC(=O)N(Cc2ccc(C(C)C)cc2)C1=O. The maximum atomic E-state index is 11.7. The van der Waals surface area contributed by atoms with Crippen molar-refractivity contribution < 1.29 is 9.59 Å². The second kappa shape index (κ2) is 4.77. The van der Waals surface area contributed by atoms with Gasteiger partial charge in [0.05, 0.1) is 6.54 Å². The third-order valence-electron chi connectivity index (χ3n) is 3.18. The molecule has 0 fully saturated rings. The molecule has 2 amide bonds. The summed E-state index contributed by atoms with van der Waals surface area (Å²) in [5.74, 6) is 0.0800. The van der Waals surface area contributed by atoms with Crippen molar-refractivity contribution in [2.24, 2.45) is 0 Å². The molecule has 0 atom stereocenters. The average molecular weight is 243 g/mol. The van der Waals surface area contributed by atoms with Gasteiger partial charge in [0.25, 0.3) is 11.8 Å². The highest BCUT2D eigenvalue weighted by atomic mass is 16.2. The molecule has 0 N–H and O–H groups in total. The lowest BCUT2D eigenvalue weighted by atomic mass is 10.0. The Labute approximate surface area is 107 Å². The van der Waals surface area contributed by atoms with Crippen molar-refractivity contribution in [1.82, 2.24) is 4.90 Å². The largest absolute Gasteiger partial charge is 0.271 e. The molecule has 2 rings (SSSR count). The third kappa shape index (κ3) is 2.35. The summed E-state index contributed by atoms with van der Waals surface area (Å²) < 4.78 is 0. The van der Waals surface area contributed by atoms with E-state index in [1.165, 1.54) is 16.5 Å². The summed E-state index contributed by atoms with van der Waals surface area (Å²) in [6.07, 6.45) is 1.39. The lowest BCUT2D eigenvalue weighted by Gasteiger charge is -2.15. The van der Waals surface area contributed by atoms with Gasteiger partial charge in [-0.1, -0.05) is 38.1 Å². The predicted molar refractivity (Wildman–Crippen MR) is 69.8 cm³/mol. The monoisotopic (exact) mass is 243 g/mol. The van der Waals surface area contributed by atoms with Crippen LogP contribution in [0.5, 0.6) is 0 Å². The van der Waals surface area contributed by atoms with Gasteiger partial charge in [-0.2, -0.15) is 0 Å². The second-order valence-corrected chi connectivity index (χ2v) is 4.95. The van der Waals surface area contributed by atoms with Crippen LogP contribution in [0.2, 0.25) is 0 Å². The average Bonchev–Trinajstić information content (AvgIpc) is 2.57. The van der Waals surface area contributed by atoms with E-state index in [1.807, 2.05) is 24.3 Å². The molecule has 0 saturated carbocycles. The Balaban J connectivity index is 2.11. The van der Waals surface area contributed by atoms with Crippen molar-refractivity contribution in [3.8, 4) is 0 Å². The summed E-state index contributed by atoms with van der Waals surface area (Å²) in [5.41, 5.74) is 2.75. The first-order valence-electron chi connectivity index (χ1n) is 6.12. The zero-order valence-corrected chi connectivity index (χ0v) is 10.9. The van der Waals surface area contributed by atoms with Gasteiger partial charge < -0.3 is 0 Å². The van der Waals surface area contributed by atoms with Crippen LogP contribution in [0.1, 0.15) is 37.8 Å². The number of hydrogen-bond acceptors (Lipinski definition) is 2. The first-order chi connectivity index (χ1) is 8.49. The van der Waals surface area contributed by atoms with E-state index < -0.39 is 0 Å². The van der Waals surface area contributed by atoms with Crippen LogP contribution in [0.4, 0.5) is 0 Å². The highest BCUT2D eigenvalue weighted by Gasteiger charge is 2.27. The van der Waals surface area contributed by atoms with Gasteiger partial charge in [-0.05, 0) is 24.0 Å². The van der Waals surface area contributed by atoms with Gasteiger partial charge in [0.15, 0.2) is 0 Å². The van der Waals surface area contributed by atoms with Gasteiger partial charge in [0.1, 0.15) is 0 Å². The maximum Gasteiger partial charge on any atom is 0.256 e. The molecule has 1 aliphatic rings. The van der Waals surface area contributed by atoms with E-state index in [4.69, 9.17) is 0 Å². The molecule has 0 aliphatic carbocycles. The van der Waals surface area contributed by atoms with E-state index in [2.05, 4.69) is 13.8 Å². The number of rotatable bonds is 3.